The van der Waals surface area contributed by atoms with Crippen LogP contribution in [0, 0.1) is 25.7 Å². The Balaban J connectivity index is 1.98. The lowest BCUT2D eigenvalue weighted by atomic mass is 9.95. The van der Waals surface area contributed by atoms with Crippen LogP contribution in [-0.4, -0.2) is 36.1 Å². The number of hydrogen-bond donors (Lipinski definition) is 2. The van der Waals surface area contributed by atoms with Crippen LogP contribution in [0.3, 0.4) is 0 Å². The summed E-state index contributed by atoms with van der Waals surface area (Å²) in [5.74, 6) is 0.122. The van der Waals surface area contributed by atoms with Crippen molar-refractivity contribution in [3.8, 4) is 0 Å². The molecule has 1 heterocycles. The van der Waals surface area contributed by atoms with E-state index >= 15 is 0 Å². The molecule has 5 nitrogen and oxygen atoms in total. The van der Waals surface area contributed by atoms with Crippen molar-refractivity contribution in [2.45, 2.75) is 53.1 Å². The third-order valence-corrected chi connectivity index (χ3v) is 4.95. The van der Waals surface area contributed by atoms with Crippen molar-refractivity contribution in [2.24, 2.45) is 11.8 Å². The molecule has 1 aliphatic rings. The van der Waals surface area contributed by atoms with E-state index < -0.39 is 0 Å². The monoisotopic (exact) mass is 346 g/mol. The molecule has 0 saturated carbocycles. The van der Waals surface area contributed by atoms with Crippen LogP contribution in [0.1, 0.15) is 44.2 Å². The molecule has 1 aromatic rings. The zero-order chi connectivity index (χ0) is 18.6. The summed E-state index contributed by atoms with van der Waals surface area (Å²) in [5, 5.41) is 12.4. The summed E-state index contributed by atoms with van der Waals surface area (Å²) in [6.45, 7) is 8.82. The molecule has 0 spiro atoms. The summed E-state index contributed by atoms with van der Waals surface area (Å²) in [7, 11) is 0. The number of carbonyl (C=O) groups excluding carboxylic acids is 2. The van der Waals surface area contributed by atoms with Gasteiger partial charge in [0.05, 0.1) is 12.0 Å². The average Bonchev–Trinajstić information content (AvgIpc) is 2.55. The van der Waals surface area contributed by atoms with Gasteiger partial charge in [-0.25, -0.2) is 0 Å². The number of piperidine rings is 1. The number of carbonyl (C=O) groups is 2. The van der Waals surface area contributed by atoms with Gasteiger partial charge in [-0.2, -0.15) is 0 Å². The van der Waals surface area contributed by atoms with Gasteiger partial charge in [-0.05, 0) is 62.8 Å². The smallest absolute Gasteiger partial charge is 0.227 e. The van der Waals surface area contributed by atoms with Crippen molar-refractivity contribution in [2.75, 3.05) is 18.0 Å². The summed E-state index contributed by atoms with van der Waals surface area (Å²) in [5.41, 5.74) is 3.20. The number of rotatable bonds is 6. The van der Waals surface area contributed by atoms with Crippen LogP contribution in [-0.2, 0) is 9.59 Å². The Kier molecular flexibility index (Phi) is 6.59. The van der Waals surface area contributed by atoms with E-state index in [2.05, 4.69) is 5.32 Å². The predicted molar refractivity (Wildman–Crippen MR) is 99.5 cm³/mol. The van der Waals surface area contributed by atoms with Crippen molar-refractivity contribution in [1.82, 2.24) is 5.32 Å². The Labute approximate surface area is 150 Å². The van der Waals surface area contributed by atoms with Gasteiger partial charge in [0.2, 0.25) is 11.8 Å². The Morgan fingerprint density at radius 2 is 2.04 bits per heavy atom. The first kappa shape index (κ1) is 19.4. The Morgan fingerprint density at radius 3 is 2.68 bits per heavy atom. The number of hydrogen-bond acceptors (Lipinski definition) is 3. The van der Waals surface area contributed by atoms with Gasteiger partial charge in [-0.3, -0.25) is 9.59 Å². The van der Waals surface area contributed by atoms with Gasteiger partial charge in [0.15, 0.2) is 0 Å². The maximum atomic E-state index is 12.5. The molecule has 2 rings (SSSR count). The maximum absolute atomic E-state index is 12.5. The van der Waals surface area contributed by atoms with Crippen LogP contribution in [0.2, 0.25) is 0 Å². The largest absolute Gasteiger partial charge is 0.393 e. The summed E-state index contributed by atoms with van der Waals surface area (Å²) >= 11 is 0. The fourth-order valence-corrected chi connectivity index (χ4v) is 3.29. The van der Waals surface area contributed by atoms with Gasteiger partial charge in [0, 0.05) is 25.2 Å². The molecule has 3 unspecified atom stereocenters. The molecule has 0 radical (unpaired) electrons. The maximum Gasteiger partial charge on any atom is 0.227 e. The minimum Gasteiger partial charge on any atom is -0.393 e. The average molecular weight is 346 g/mol. The number of anilines is 1. The first-order valence-corrected chi connectivity index (χ1v) is 9.11. The molecule has 2 N–H and O–H groups in total. The lowest BCUT2D eigenvalue weighted by molar-refractivity contribution is -0.127. The summed E-state index contributed by atoms with van der Waals surface area (Å²) in [6.07, 6.45) is 1.29. The zero-order valence-corrected chi connectivity index (χ0v) is 15.7. The van der Waals surface area contributed by atoms with Crippen LogP contribution in [0.25, 0.3) is 0 Å². The normalized spacial score (nSPS) is 20.3. The highest BCUT2D eigenvalue weighted by molar-refractivity contribution is 5.96. The molecule has 1 aliphatic heterocycles. The molecule has 25 heavy (non-hydrogen) atoms. The van der Waals surface area contributed by atoms with E-state index in [-0.39, 0.29) is 29.8 Å². The Hall–Kier alpha value is -1.88. The number of aliphatic hydroxyl groups excluding tert-OH is 1. The van der Waals surface area contributed by atoms with Gasteiger partial charge in [-0.15, -0.1) is 0 Å². The molecule has 1 saturated heterocycles. The molecule has 1 aromatic carbocycles. The minimum atomic E-state index is -0.362. The van der Waals surface area contributed by atoms with E-state index in [4.69, 9.17) is 0 Å². The minimum absolute atomic E-state index is 0.00113. The molecule has 1 fully saturated rings. The highest BCUT2D eigenvalue weighted by atomic mass is 16.3. The molecule has 2 amide bonds. The molecule has 5 heteroatoms. The summed E-state index contributed by atoms with van der Waals surface area (Å²) in [6, 6.07) is 5.98. The second-order valence-electron chi connectivity index (χ2n) is 7.44. The SMILES string of the molecule is Cc1ccc(N2CC(C(=O)NCC(C)CC(C)O)CCC2=O)cc1C. The molecular weight excluding hydrogens is 316 g/mol. The van der Waals surface area contributed by atoms with Crippen molar-refractivity contribution >= 4 is 17.5 Å². The fraction of sp³-hybridized carbons (Fsp3) is 0.600. The second-order valence-corrected chi connectivity index (χ2v) is 7.44. The number of aliphatic hydroxyl groups is 1. The highest BCUT2D eigenvalue weighted by Crippen LogP contribution is 2.26. The van der Waals surface area contributed by atoms with E-state index in [1.54, 1.807) is 11.8 Å². The van der Waals surface area contributed by atoms with Crippen molar-refractivity contribution in [3.05, 3.63) is 29.3 Å². The third kappa shape index (κ3) is 5.30. The van der Waals surface area contributed by atoms with E-state index in [0.29, 0.717) is 32.4 Å². The van der Waals surface area contributed by atoms with Crippen LogP contribution in [0.15, 0.2) is 18.2 Å². The van der Waals surface area contributed by atoms with Crippen molar-refractivity contribution < 1.29 is 14.7 Å². The summed E-state index contributed by atoms with van der Waals surface area (Å²) < 4.78 is 0. The van der Waals surface area contributed by atoms with Gasteiger partial charge < -0.3 is 15.3 Å². The van der Waals surface area contributed by atoms with Crippen LogP contribution in [0.5, 0.6) is 0 Å². The molecule has 0 aliphatic carbocycles. The van der Waals surface area contributed by atoms with Crippen LogP contribution < -0.4 is 10.2 Å². The highest BCUT2D eigenvalue weighted by Gasteiger charge is 2.31. The first-order valence-electron chi connectivity index (χ1n) is 9.11. The Morgan fingerprint density at radius 1 is 1.32 bits per heavy atom. The van der Waals surface area contributed by atoms with E-state index in [0.717, 1.165) is 11.3 Å². The van der Waals surface area contributed by atoms with Crippen molar-refractivity contribution in [3.63, 3.8) is 0 Å². The second kappa shape index (κ2) is 8.48. The fourth-order valence-electron chi connectivity index (χ4n) is 3.29. The lowest BCUT2D eigenvalue weighted by Gasteiger charge is -2.32. The quantitative estimate of drug-likeness (QED) is 0.832. The number of nitrogens with zero attached hydrogens (tertiary/aromatic N) is 1. The zero-order valence-electron chi connectivity index (χ0n) is 15.7. The van der Waals surface area contributed by atoms with Crippen molar-refractivity contribution in [1.29, 1.82) is 0 Å². The molecule has 0 bridgehead atoms. The molecule has 3 atom stereocenters. The number of aryl methyl sites for hydroxylation is 2. The van der Waals surface area contributed by atoms with Crippen LogP contribution >= 0.6 is 0 Å². The van der Waals surface area contributed by atoms with Gasteiger partial charge in [-0.1, -0.05) is 13.0 Å². The van der Waals surface area contributed by atoms with Gasteiger partial charge >= 0.3 is 0 Å². The van der Waals surface area contributed by atoms with Crippen LogP contribution in [0.4, 0.5) is 5.69 Å². The third-order valence-electron chi connectivity index (χ3n) is 4.95. The topological polar surface area (TPSA) is 69.6 Å². The van der Waals surface area contributed by atoms with Gasteiger partial charge in [0.25, 0.3) is 0 Å². The summed E-state index contributed by atoms with van der Waals surface area (Å²) in [4.78, 5) is 26.5. The predicted octanol–water partition coefficient (Wildman–Crippen LogP) is 2.57. The first-order chi connectivity index (χ1) is 11.8. The van der Waals surface area contributed by atoms with E-state index in [9.17, 15) is 14.7 Å². The molecular formula is C20H30N2O3. The standard InChI is InChI=1S/C20H30N2O3/c1-13(9-16(4)23)11-21-20(25)17-6-8-19(24)22(12-17)18-7-5-14(2)15(3)10-18/h5,7,10,13,16-17,23H,6,8-9,11-12H2,1-4H3,(H,21,25). The lowest BCUT2D eigenvalue weighted by Crippen LogP contribution is -2.46. The number of benzene rings is 1. The number of nitrogens with one attached hydrogen (secondary N) is 1. The molecule has 138 valence electrons. The Bertz CT molecular complexity index is 627. The van der Waals surface area contributed by atoms with E-state index in [1.807, 2.05) is 39.0 Å². The van der Waals surface area contributed by atoms with E-state index in [1.165, 1.54) is 5.56 Å². The number of amides is 2. The molecule has 0 aromatic heterocycles. The van der Waals surface area contributed by atoms with Gasteiger partial charge in [0.1, 0.15) is 0 Å².